The molecule has 0 fully saturated rings. The average molecular weight is 1170 g/mol. The molecule has 2 atom stereocenters. The summed E-state index contributed by atoms with van der Waals surface area (Å²) in [6.07, 6.45) is 5.65. The highest BCUT2D eigenvalue weighted by Gasteiger charge is 2.53. The highest BCUT2D eigenvalue weighted by atomic mass is 32.1. The topological polar surface area (TPSA) is 6.48 Å². The van der Waals surface area contributed by atoms with E-state index in [1.165, 1.54) is 157 Å². The van der Waals surface area contributed by atoms with Crippen molar-refractivity contribution < 1.29 is 0 Å². The minimum Gasteiger partial charge on any atom is -0.333 e. The van der Waals surface area contributed by atoms with Gasteiger partial charge in [0.05, 0.1) is 21.8 Å². The molecule has 89 heavy (non-hydrogen) atoms. The number of para-hydroxylation sites is 2. The van der Waals surface area contributed by atoms with Crippen molar-refractivity contribution in [3.63, 3.8) is 0 Å². The normalized spacial score (nSPS) is 15.3. The van der Waals surface area contributed by atoms with Crippen LogP contribution in [0.2, 0.25) is 0 Å². The Balaban J connectivity index is 0.769. The van der Waals surface area contributed by atoms with E-state index in [1.807, 2.05) is 22.7 Å². The van der Waals surface area contributed by atoms with Crippen LogP contribution in [0.25, 0.3) is 113 Å². The number of fused-ring (bicyclic) bond motifs is 22. The lowest BCUT2D eigenvalue weighted by atomic mass is 9.68. The van der Waals surface area contributed by atoms with Crippen LogP contribution in [0.5, 0.6) is 0 Å². The lowest BCUT2D eigenvalue weighted by molar-refractivity contribution is 0.717. The summed E-state index contributed by atoms with van der Waals surface area (Å²) in [6.45, 7) is 0. The molecule has 416 valence electrons. The van der Waals surface area contributed by atoms with E-state index in [4.69, 9.17) is 0 Å². The van der Waals surface area contributed by atoms with Gasteiger partial charge in [-0.05, 0) is 190 Å². The summed E-state index contributed by atoms with van der Waals surface area (Å²) >= 11 is 3.81. The van der Waals surface area contributed by atoms with E-state index in [0.29, 0.717) is 0 Å². The molecule has 0 saturated heterocycles. The first-order valence-corrected chi connectivity index (χ1v) is 32.5. The van der Waals surface area contributed by atoms with Crippen molar-refractivity contribution in [1.82, 2.24) is 0 Å². The maximum absolute atomic E-state index is 2.58. The van der Waals surface area contributed by atoms with Crippen LogP contribution < -0.4 is 9.80 Å². The van der Waals surface area contributed by atoms with Crippen molar-refractivity contribution in [2.75, 3.05) is 9.80 Å². The van der Waals surface area contributed by atoms with Crippen LogP contribution in [0.4, 0.5) is 28.4 Å². The largest absolute Gasteiger partial charge is 0.333 e. The Bertz CT molecular complexity index is 5640. The second kappa shape index (κ2) is 19.7. The first-order chi connectivity index (χ1) is 44.1. The van der Waals surface area contributed by atoms with Gasteiger partial charge in [0.1, 0.15) is 0 Å². The number of thiophene rings is 2. The third-order valence-electron chi connectivity index (χ3n) is 19.5. The lowest BCUT2D eigenvalue weighted by Gasteiger charge is -2.35. The van der Waals surface area contributed by atoms with Gasteiger partial charge in [-0.3, -0.25) is 0 Å². The van der Waals surface area contributed by atoms with Crippen LogP contribution in [0.3, 0.4) is 0 Å². The highest BCUT2D eigenvalue weighted by molar-refractivity contribution is 7.26. The average Bonchev–Trinajstić information content (AvgIpc) is 1.50. The standard InChI is InChI=1S/C85H54N2S2/c1-3-22-60(23-4-1)86(76-35-17-32-71-67-29-10-13-37-78(67)88-83(71)76)62-26-15-20-54(51-62)56-39-44-65-58(49-56)41-46-69-70-47-42-59-50-57(40-45-66(59)82(70)85(81(65)69)74-34-12-9-31-73(74)80-64-28-8-7-19-53(64)43-48-75(80)85)55-21-16-27-63(52-55)87(61-24-5-2-6-25-61)77-36-18-33-72-68-30-11-14-38-79(68)89-84(72)77/h1-35,37-52,77H,36H2. The van der Waals surface area contributed by atoms with Crippen molar-refractivity contribution in [2.24, 2.45) is 0 Å². The molecule has 0 radical (unpaired) electrons. The fraction of sp³-hybridized carbons (Fsp3) is 0.0353. The second-order valence-corrected chi connectivity index (χ2v) is 26.2. The van der Waals surface area contributed by atoms with Gasteiger partial charge in [0, 0.05) is 53.2 Å². The minimum absolute atomic E-state index is 0.153. The van der Waals surface area contributed by atoms with E-state index < -0.39 is 5.41 Å². The highest BCUT2D eigenvalue weighted by Crippen LogP contribution is 2.66. The molecule has 0 N–H and O–H groups in total. The van der Waals surface area contributed by atoms with E-state index in [0.717, 1.165) is 17.8 Å². The fourth-order valence-electron chi connectivity index (χ4n) is 15.8. The Labute approximate surface area is 524 Å². The molecule has 0 saturated carbocycles. The van der Waals surface area contributed by atoms with Crippen LogP contribution >= 0.6 is 22.7 Å². The van der Waals surface area contributed by atoms with Gasteiger partial charge in [0.2, 0.25) is 0 Å². The molecule has 2 aromatic heterocycles. The molecule has 19 rings (SSSR count). The van der Waals surface area contributed by atoms with Gasteiger partial charge in [-0.2, -0.15) is 0 Å². The van der Waals surface area contributed by atoms with Crippen molar-refractivity contribution in [1.29, 1.82) is 0 Å². The Kier molecular flexibility index (Phi) is 11.2. The molecule has 0 amide bonds. The molecule has 0 bridgehead atoms. The van der Waals surface area contributed by atoms with Gasteiger partial charge < -0.3 is 9.80 Å². The van der Waals surface area contributed by atoms with Gasteiger partial charge in [-0.1, -0.05) is 231 Å². The summed E-state index contributed by atoms with van der Waals surface area (Å²) in [5.41, 5.74) is 22.0. The number of nitrogens with zero attached hydrogens (tertiary/aromatic N) is 2. The number of anilines is 5. The second-order valence-electron chi connectivity index (χ2n) is 24.1. The third kappa shape index (κ3) is 7.48. The van der Waals surface area contributed by atoms with E-state index >= 15 is 0 Å². The molecule has 14 aromatic carbocycles. The van der Waals surface area contributed by atoms with Crippen molar-refractivity contribution >= 4 is 120 Å². The van der Waals surface area contributed by atoms with Crippen LogP contribution in [0.15, 0.2) is 303 Å². The van der Waals surface area contributed by atoms with Crippen LogP contribution in [-0.4, -0.2) is 0 Å². The molecular weight excluding hydrogens is 1110 g/mol. The Morgan fingerprint density at radius 3 is 1.65 bits per heavy atom. The Hall–Kier alpha value is -10.6. The molecular formula is C85H54N2S2. The molecule has 2 nitrogen and oxygen atoms in total. The summed E-state index contributed by atoms with van der Waals surface area (Å²) in [4.78, 5) is 6.44. The van der Waals surface area contributed by atoms with E-state index in [2.05, 4.69) is 319 Å². The minimum atomic E-state index is -0.609. The van der Waals surface area contributed by atoms with Gasteiger partial charge in [0.15, 0.2) is 0 Å². The number of hydrogen-bond donors (Lipinski definition) is 0. The van der Waals surface area contributed by atoms with Crippen molar-refractivity contribution in [3.8, 4) is 44.5 Å². The van der Waals surface area contributed by atoms with Crippen LogP contribution in [-0.2, 0) is 5.41 Å². The van der Waals surface area contributed by atoms with Gasteiger partial charge >= 0.3 is 0 Å². The summed E-state index contributed by atoms with van der Waals surface area (Å²) in [6, 6.07) is 112. The predicted molar refractivity (Wildman–Crippen MR) is 381 cm³/mol. The SMILES string of the molecule is C1=Cc2c(sc3ccccc23)C(N(c2ccccc2)c2cccc(-c3ccc4c5c(ccc4c3)-c3ccc4cc(-c6cccc(N(c7ccccc7)c7cccc8c7sc7ccccc78)c6)ccc4c3C53c4ccccc4-c4c3ccc3ccccc43)c2)C1. The molecule has 3 aliphatic rings. The van der Waals surface area contributed by atoms with Crippen LogP contribution in [0.1, 0.15) is 45.2 Å². The molecule has 1 spiro atoms. The molecule has 0 aliphatic heterocycles. The summed E-state index contributed by atoms with van der Waals surface area (Å²) < 4.78 is 3.92. The zero-order valence-electron chi connectivity index (χ0n) is 48.4. The Morgan fingerprint density at radius 1 is 0.348 bits per heavy atom. The number of rotatable bonds is 8. The third-order valence-corrected chi connectivity index (χ3v) is 22.0. The lowest BCUT2D eigenvalue weighted by Crippen LogP contribution is -2.26. The molecule has 3 aliphatic carbocycles. The molecule has 4 heteroatoms. The van der Waals surface area contributed by atoms with Gasteiger partial charge in [-0.25, -0.2) is 0 Å². The van der Waals surface area contributed by atoms with Crippen molar-refractivity contribution in [2.45, 2.75) is 17.9 Å². The molecule has 2 heterocycles. The van der Waals surface area contributed by atoms with Gasteiger partial charge in [-0.15, -0.1) is 22.7 Å². The summed E-state index contributed by atoms with van der Waals surface area (Å²) in [7, 11) is 0. The molecule has 2 unspecified atom stereocenters. The quantitative estimate of drug-likeness (QED) is 0.150. The van der Waals surface area contributed by atoms with E-state index in [9.17, 15) is 0 Å². The monoisotopic (exact) mass is 1170 g/mol. The van der Waals surface area contributed by atoms with Crippen molar-refractivity contribution in [3.05, 3.63) is 336 Å². The summed E-state index contributed by atoms with van der Waals surface area (Å²) in [5.74, 6) is 0. The molecule has 16 aromatic rings. The Morgan fingerprint density at radius 2 is 0.910 bits per heavy atom. The fourth-order valence-corrected chi connectivity index (χ4v) is 18.3. The van der Waals surface area contributed by atoms with Gasteiger partial charge in [0.25, 0.3) is 0 Å². The zero-order chi connectivity index (χ0) is 58.3. The maximum atomic E-state index is 2.58. The first-order valence-electron chi connectivity index (χ1n) is 30.9. The number of benzene rings is 14. The van der Waals surface area contributed by atoms with E-state index in [-0.39, 0.29) is 6.04 Å². The first kappa shape index (κ1) is 50.5. The summed E-state index contributed by atoms with van der Waals surface area (Å²) in [5, 5.41) is 11.5. The van der Waals surface area contributed by atoms with Crippen LogP contribution in [0, 0.1) is 0 Å². The number of hydrogen-bond acceptors (Lipinski definition) is 4. The zero-order valence-corrected chi connectivity index (χ0v) is 50.1. The predicted octanol–water partition coefficient (Wildman–Crippen LogP) is 24.2. The smallest absolute Gasteiger partial charge is 0.0737 e. The maximum Gasteiger partial charge on any atom is 0.0737 e. The van der Waals surface area contributed by atoms with E-state index in [1.54, 1.807) is 0 Å².